The van der Waals surface area contributed by atoms with Crippen molar-refractivity contribution >= 4 is 0 Å². The van der Waals surface area contributed by atoms with Crippen LogP contribution in [0.25, 0.3) is 0 Å². The summed E-state index contributed by atoms with van der Waals surface area (Å²) >= 11 is 0. The van der Waals surface area contributed by atoms with Crippen LogP contribution < -0.4 is 0 Å². The molecule has 0 aliphatic heterocycles. The number of fused-ring (bicyclic) bond motifs is 1. The van der Waals surface area contributed by atoms with Gasteiger partial charge >= 0.3 is 0 Å². The van der Waals surface area contributed by atoms with Crippen LogP contribution in [-0.2, 0) is 9.47 Å². The highest BCUT2D eigenvalue weighted by Gasteiger charge is 2.36. The molecule has 2 aliphatic carbocycles. The van der Waals surface area contributed by atoms with E-state index >= 15 is 0 Å². The monoisotopic (exact) mass is 308 g/mol. The average molecular weight is 308 g/mol. The van der Waals surface area contributed by atoms with Gasteiger partial charge in [0, 0.05) is 7.11 Å². The highest BCUT2D eigenvalue weighted by Crippen LogP contribution is 2.45. The van der Waals surface area contributed by atoms with E-state index in [1.807, 2.05) is 0 Å². The Morgan fingerprint density at radius 2 is 2.09 bits per heavy atom. The molecule has 0 amide bonds. The highest BCUT2D eigenvalue weighted by atomic mass is 16.7. The van der Waals surface area contributed by atoms with Crippen LogP contribution in [0.3, 0.4) is 0 Å². The number of rotatable bonds is 3. The lowest BCUT2D eigenvalue weighted by molar-refractivity contribution is -0.0783. The van der Waals surface area contributed by atoms with Crippen molar-refractivity contribution in [2.45, 2.75) is 71.5 Å². The predicted octanol–water partition coefficient (Wildman–Crippen LogP) is 4.22. The molecule has 0 heterocycles. The third-order valence-corrected chi connectivity index (χ3v) is 5.28. The van der Waals surface area contributed by atoms with Crippen LogP contribution in [0.4, 0.5) is 0 Å². The number of hydrogen-bond donors (Lipinski definition) is 1. The standard InChI is InChI=1S/C19H32O3/c1-14-7-9-19(3)8-5-6-17(19)18(20)12-15(2)11-16(10-14)22-13-21-4/h6-7,15-16,18,20H,5,8-13H2,1-4H3/b14-7-/t15-,16?,18+,19+/m1/s1. The zero-order valence-corrected chi connectivity index (χ0v) is 14.6. The number of ether oxygens (including phenoxy) is 2. The Kier molecular flexibility index (Phi) is 6.25. The van der Waals surface area contributed by atoms with E-state index in [0.29, 0.717) is 12.7 Å². The van der Waals surface area contributed by atoms with Gasteiger partial charge in [0.05, 0.1) is 12.2 Å². The zero-order valence-electron chi connectivity index (χ0n) is 14.6. The van der Waals surface area contributed by atoms with Gasteiger partial charge in [-0.1, -0.05) is 31.6 Å². The molecule has 0 saturated carbocycles. The summed E-state index contributed by atoms with van der Waals surface area (Å²) in [7, 11) is 1.66. The molecule has 3 nitrogen and oxygen atoms in total. The minimum atomic E-state index is -0.308. The average Bonchev–Trinajstić information content (AvgIpc) is 2.84. The maximum absolute atomic E-state index is 10.7. The first-order chi connectivity index (χ1) is 10.4. The smallest absolute Gasteiger partial charge is 0.146 e. The number of aliphatic hydroxyl groups excluding tert-OH is 1. The van der Waals surface area contributed by atoms with E-state index < -0.39 is 0 Å². The van der Waals surface area contributed by atoms with Crippen molar-refractivity contribution in [3.8, 4) is 0 Å². The minimum absolute atomic E-state index is 0.133. The summed E-state index contributed by atoms with van der Waals surface area (Å²) in [6.45, 7) is 7.07. The van der Waals surface area contributed by atoms with Crippen LogP contribution in [0.5, 0.6) is 0 Å². The molecule has 0 aromatic carbocycles. The lowest BCUT2D eigenvalue weighted by Crippen LogP contribution is -2.26. The van der Waals surface area contributed by atoms with Gasteiger partial charge in [-0.3, -0.25) is 0 Å². The molecule has 0 aromatic heterocycles. The Morgan fingerprint density at radius 1 is 1.32 bits per heavy atom. The fourth-order valence-electron chi connectivity index (χ4n) is 3.96. The molecule has 0 saturated heterocycles. The van der Waals surface area contributed by atoms with E-state index in [4.69, 9.17) is 9.47 Å². The fraction of sp³-hybridized carbons (Fsp3) is 0.789. The van der Waals surface area contributed by atoms with Gasteiger partial charge in [0.2, 0.25) is 0 Å². The molecule has 126 valence electrons. The first-order valence-corrected chi connectivity index (χ1v) is 8.59. The molecule has 0 aromatic rings. The molecule has 3 heteroatoms. The summed E-state index contributed by atoms with van der Waals surface area (Å²) in [6.07, 6.45) is 10.5. The summed E-state index contributed by atoms with van der Waals surface area (Å²) in [5, 5.41) is 10.7. The van der Waals surface area contributed by atoms with Gasteiger partial charge in [0.25, 0.3) is 0 Å². The largest absolute Gasteiger partial charge is 0.389 e. The Bertz CT molecular complexity index is 426. The van der Waals surface area contributed by atoms with Crippen LogP contribution in [0.15, 0.2) is 23.3 Å². The first-order valence-electron chi connectivity index (χ1n) is 8.59. The second kappa shape index (κ2) is 7.76. The second-order valence-electron chi connectivity index (χ2n) is 7.51. The van der Waals surface area contributed by atoms with E-state index in [1.165, 1.54) is 11.1 Å². The van der Waals surface area contributed by atoms with Gasteiger partial charge in [0.15, 0.2) is 0 Å². The molecule has 0 bridgehead atoms. The molecule has 22 heavy (non-hydrogen) atoms. The summed E-state index contributed by atoms with van der Waals surface area (Å²) in [5.41, 5.74) is 2.78. The van der Waals surface area contributed by atoms with Crippen molar-refractivity contribution in [1.29, 1.82) is 0 Å². The summed E-state index contributed by atoms with van der Waals surface area (Å²) in [6, 6.07) is 0. The Morgan fingerprint density at radius 3 is 2.82 bits per heavy atom. The zero-order chi connectivity index (χ0) is 16.2. The van der Waals surface area contributed by atoms with E-state index in [2.05, 4.69) is 32.9 Å². The molecule has 1 unspecified atom stereocenters. The Labute approximate surface area is 135 Å². The fourth-order valence-corrected chi connectivity index (χ4v) is 3.96. The maximum atomic E-state index is 10.7. The number of allylic oxidation sites excluding steroid dienone is 2. The van der Waals surface area contributed by atoms with Gasteiger partial charge in [-0.15, -0.1) is 0 Å². The number of hydrogen-bond acceptors (Lipinski definition) is 3. The molecule has 2 aliphatic rings. The van der Waals surface area contributed by atoms with Crippen molar-refractivity contribution in [2.24, 2.45) is 11.3 Å². The highest BCUT2D eigenvalue weighted by molar-refractivity contribution is 5.25. The molecule has 0 radical (unpaired) electrons. The van der Waals surface area contributed by atoms with E-state index in [-0.39, 0.29) is 17.6 Å². The maximum Gasteiger partial charge on any atom is 0.146 e. The summed E-state index contributed by atoms with van der Waals surface area (Å²) in [4.78, 5) is 0. The summed E-state index contributed by atoms with van der Waals surface area (Å²) < 4.78 is 10.9. The first kappa shape index (κ1) is 17.7. The van der Waals surface area contributed by atoms with Crippen molar-refractivity contribution in [3.63, 3.8) is 0 Å². The number of aliphatic hydroxyl groups is 1. The Hall–Kier alpha value is -0.640. The Balaban J connectivity index is 2.17. The molecule has 1 N–H and O–H groups in total. The van der Waals surface area contributed by atoms with Gasteiger partial charge in [-0.25, -0.2) is 0 Å². The van der Waals surface area contributed by atoms with Gasteiger partial charge < -0.3 is 14.6 Å². The molecule has 4 atom stereocenters. The third kappa shape index (κ3) is 4.43. The molecule has 0 spiro atoms. The van der Waals surface area contributed by atoms with Gasteiger partial charge in [-0.05, 0) is 62.4 Å². The van der Waals surface area contributed by atoms with Crippen LogP contribution in [0.1, 0.15) is 59.3 Å². The van der Waals surface area contributed by atoms with E-state index in [9.17, 15) is 5.11 Å². The van der Waals surface area contributed by atoms with Crippen LogP contribution in [0.2, 0.25) is 0 Å². The van der Waals surface area contributed by atoms with Crippen molar-refractivity contribution < 1.29 is 14.6 Å². The van der Waals surface area contributed by atoms with E-state index in [0.717, 1.165) is 38.5 Å². The topological polar surface area (TPSA) is 38.7 Å². The lowest BCUT2D eigenvalue weighted by atomic mass is 9.76. The van der Waals surface area contributed by atoms with Crippen LogP contribution in [-0.4, -0.2) is 31.2 Å². The molecular weight excluding hydrogens is 276 g/mol. The predicted molar refractivity (Wildman–Crippen MR) is 89.6 cm³/mol. The lowest BCUT2D eigenvalue weighted by Gasteiger charge is -2.31. The number of methoxy groups -OCH3 is 1. The van der Waals surface area contributed by atoms with Crippen LogP contribution in [0, 0.1) is 11.3 Å². The quantitative estimate of drug-likeness (QED) is 0.626. The van der Waals surface area contributed by atoms with Gasteiger partial charge in [0.1, 0.15) is 6.79 Å². The van der Waals surface area contributed by atoms with E-state index in [1.54, 1.807) is 7.11 Å². The summed E-state index contributed by atoms with van der Waals surface area (Å²) in [5.74, 6) is 0.438. The SMILES string of the molecule is COCOC1C/C(C)=C\C[C@]2(C)CCC=C2[C@@H](O)C[C@H](C)C1. The van der Waals surface area contributed by atoms with Crippen molar-refractivity contribution in [2.75, 3.05) is 13.9 Å². The normalized spacial score (nSPS) is 39.4. The minimum Gasteiger partial charge on any atom is -0.389 e. The third-order valence-electron chi connectivity index (χ3n) is 5.28. The van der Waals surface area contributed by atoms with Crippen molar-refractivity contribution in [3.05, 3.63) is 23.3 Å². The molecule has 0 fully saturated rings. The molecule has 2 rings (SSSR count). The molecular formula is C19H32O3. The second-order valence-corrected chi connectivity index (χ2v) is 7.51. The van der Waals surface area contributed by atoms with Crippen LogP contribution >= 0.6 is 0 Å². The van der Waals surface area contributed by atoms with Gasteiger partial charge in [-0.2, -0.15) is 0 Å². The van der Waals surface area contributed by atoms with Crippen molar-refractivity contribution in [1.82, 2.24) is 0 Å².